The van der Waals surface area contributed by atoms with Crippen LogP contribution in [0, 0.1) is 0 Å². The first kappa shape index (κ1) is 19.0. The van der Waals surface area contributed by atoms with Gasteiger partial charge in [-0.05, 0) is 32.6 Å². The molecule has 2 heteroatoms. The van der Waals surface area contributed by atoms with Crippen LogP contribution in [0.2, 0.25) is 0 Å². The fraction of sp³-hybridized carbons (Fsp3) is 1.00. The SMILES string of the molecule is CCCCCCCC(C)(CCCCCC)N1CCCCO1. The Morgan fingerprint density at radius 2 is 1.38 bits per heavy atom. The van der Waals surface area contributed by atoms with Crippen LogP contribution in [-0.2, 0) is 4.84 Å². The first-order chi connectivity index (χ1) is 10.2. The third kappa shape index (κ3) is 7.65. The highest BCUT2D eigenvalue weighted by molar-refractivity contribution is 4.83. The number of hydrogen-bond acceptors (Lipinski definition) is 2. The molecular weight excluding hydrogens is 258 g/mol. The highest BCUT2D eigenvalue weighted by atomic mass is 16.7. The standard InChI is InChI=1S/C19H39NO/c1-4-6-8-10-12-16-19(3,15-11-9-7-5-2)20-17-13-14-18-21-20/h4-18H2,1-3H3. The summed E-state index contributed by atoms with van der Waals surface area (Å²) in [6.45, 7) is 9.10. The van der Waals surface area contributed by atoms with Crippen molar-refractivity contribution < 1.29 is 4.84 Å². The molecule has 1 fully saturated rings. The molecule has 1 atom stereocenters. The molecule has 0 aromatic carbocycles. The topological polar surface area (TPSA) is 12.5 Å². The molecule has 0 N–H and O–H groups in total. The van der Waals surface area contributed by atoms with Crippen molar-refractivity contribution >= 4 is 0 Å². The van der Waals surface area contributed by atoms with Gasteiger partial charge in [0.25, 0.3) is 0 Å². The lowest BCUT2D eigenvalue weighted by atomic mass is 9.87. The van der Waals surface area contributed by atoms with Gasteiger partial charge in [-0.3, -0.25) is 4.84 Å². The summed E-state index contributed by atoms with van der Waals surface area (Å²) < 4.78 is 0. The maximum atomic E-state index is 6.01. The minimum absolute atomic E-state index is 0.278. The molecule has 0 aromatic rings. The summed E-state index contributed by atoms with van der Waals surface area (Å²) in [5.41, 5.74) is 0.278. The van der Waals surface area contributed by atoms with Gasteiger partial charge in [-0.2, -0.15) is 5.06 Å². The summed E-state index contributed by atoms with van der Waals surface area (Å²) in [5.74, 6) is 0. The van der Waals surface area contributed by atoms with Gasteiger partial charge in [0.05, 0.1) is 6.61 Å². The molecule has 1 aliphatic heterocycles. The molecule has 1 heterocycles. The number of nitrogens with zero attached hydrogens (tertiary/aromatic N) is 1. The molecule has 0 saturated carbocycles. The Hall–Kier alpha value is -0.0800. The minimum atomic E-state index is 0.278. The van der Waals surface area contributed by atoms with Crippen molar-refractivity contribution in [3.63, 3.8) is 0 Å². The van der Waals surface area contributed by atoms with Crippen LogP contribution in [0.1, 0.15) is 104 Å². The zero-order chi connectivity index (χ0) is 15.4. The van der Waals surface area contributed by atoms with E-state index < -0.39 is 0 Å². The Kier molecular flexibility index (Phi) is 10.4. The van der Waals surface area contributed by atoms with Gasteiger partial charge in [-0.15, -0.1) is 0 Å². The average Bonchev–Trinajstić information content (AvgIpc) is 2.52. The largest absolute Gasteiger partial charge is 0.298 e. The van der Waals surface area contributed by atoms with E-state index in [4.69, 9.17) is 4.84 Å². The van der Waals surface area contributed by atoms with Gasteiger partial charge >= 0.3 is 0 Å². The summed E-state index contributed by atoms with van der Waals surface area (Å²) >= 11 is 0. The van der Waals surface area contributed by atoms with Crippen molar-refractivity contribution in [2.24, 2.45) is 0 Å². The van der Waals surface area contributed by atoms with Crippen molar-refractivity contribution in [2.75, 3.05) is 13.2 Å². The van der Waals surface area contributed by atoms with E-state index >= 15 is 0 Å². The van der Waals surface area contributed by atoms with E-state index in [1.54, 1.807) is 0 Å². The van der Waals surface area contributed by atoms with Gasteiger partial charge in [-0.25, -0.2) is 0 Å². The number of hydrogen-bond donors (Lipinski definition) is 0. The van der Waals surface area contributed by atoms with E-state index in [2.05, 4.69) is 25.8 Å². The van der Waals surface area contributed by atoms with Crippen LogP contribution in [0.4, 0.5) is 0 Å². The average molecular weight is 298 g/mol. The van der Waals surface area contributed by atoms with Crippen LogP contribution in [-0.4, -0.2) is 23.8 Å². The Morgan fingerprint density at radius 3 is 1.90 bits per heavy atom. The van der Waals surface area contributed by atoms with Crippen LogP contribution >= 0.6 is 0 Å². The van der Waals surface area contributed by atoms with Gasteiger partial charge in [0, 0.05) is 12.1 Å². The van der Waals surface area contributed by atoms with Crippen LogP contribution < -0.4 is 0 Å². The molecule has 1 unspecified atom stereocenters. The fourth-order valence-corrected chi connectivity index (χ4v) is 3.44. The van der Waals surface area contributed by atoms with Gasteiger partial charge in [-0.1, -0.05) is 71.6 Å². The molecular formula is C19H39NO. The van der Waals surface area contributed by atoms with Gasteiger partial charge in [0.15, 0.2) is 0 Å². The van der Waals surface area contributed by atoms with Gasteiger partial charge in [0.2, 0.25) is 0 Å². The lowest BCUT2D eigenvalue weighted by Gasteiger charge is -2.42. The zero-order valence-corrected chi connectivity index (χ0v) is 15.0. The van der Waals surface area contributed by atoms with Crippen LogP contribution in [0.25, 0.3) is 0 Å². The summed E-state index contributed by atoms with van der Waals surface area (Å²) in [7, 11) is 0. The predicted octanol–water partition coefficient (Wildman–Crippen LogP) is 6.10. The molecule has 0 radical (unpaired) electrons. The molecule has 0 aromatic heterocycles. The zero-order valence-electron chi connectivity index (χ0n) is 15.0. The third-order valence-electron chi connectivity index (χ3n) is 4.99. The first-order valence-electron chi connectivity index (χ1n) is 9.63. The van der Waals surface area contributed by atoms with Crippen molar-refractivity contribution in [1.29, 1.82) is 0 Å². The Labute approximate surface area is 133 Å². The maximum Gasteiger partial charge on any atom is 0.0685 e. The smallest absolute Gasteiger partial charge is 0.0685 e. The monoisotopic (exact) mass is 297 g/mol. The molecule has 1 aliphatic rings. The molecule has 0 spiro atoms. The van der Waals surface area contributed by atoms with Crippen LogP contribution in [0.5, 0.6) is 0 Å². The lowest BCUT2D eigenvalue weighted by Crippen LogP contribution is -2.48. The molecule has 1 saturated heterocycles. The molecule has 21 heavy (non-hydrogen) atoms. The summed E-state index contributed by atoms with van der Waals surface area (Å²) in [6, 6.07) is 0. The van der Waals surface area contributed by atoms with Crippen molar-refractivity contribution in [1.82, 2.24) is 5.06 Å². The Bertz CT molecular complexity index is 238. The first-order valence-corrected chi connectivity index (χ1v) is 9.63. The van der Waals surface area contributed by atoms with Crippen LogP contribution in [0.15, 0.2) is 0 Å². The molecule has 0 amide bonds. The van der Waals surface area contributed by atoms with Gasteiger partial charge < -0.3 is 0 Å². The minimum Gasteiger partial charge on any atom is -0.298 e. The normalized spacial score (nSPS) is 19.6. The molecule has 2 nitrogen and oxygen atoms in total. The van der Waals surface area contributed by atoms with Crippen molar-refractivity contribution in [3.8, 4) is 0 Å². The summed E-state index contributed by atoms with van der Waals surface area (Å²) in [5, 5.41) is 2.35. The maximum absolute atomic E-state index is 6.01. The predicted molar refractivity (Wildman–Crippen MR) is 92.4 cm³/mol. The second kappa shape index (κ2) is 11.5. The highest BCUT2D eigenvalue weighted by Crippen LogP contribution is 2.31. The Morgan fingerprint density at radius 1 is 0.810 bits per heavy atom. The van der Waals surface area contributed by atoms with E-state index in [9.17, 15) is 0 Å². The lowest BCUT2D eigenvalue weighted by molar-refractivity contribution is -0.241. The Balaban J connectivity index is 2.39. The third-order valence-corrected chi connectivity index (χ3v) is 4.99. The van der Waals surface area contributed by atoms with E-state index in [1.807, 2.05) is 0 Å². The summed E-state index contributed by atoms with van der Waals surface area (Å²) in [6.07, 6.45) is 17.5. The van der Waals surface area contributed by atoms with Gasteiger partial charge in [0.1, 0.15) is 0 Å². The molecule has 0 aliphatic carbocycles. The second-order valence-electron chi connectivity index (χ2n) is 7.11. The van der Waals surface area contributed by atoms with E-state index in [0.717, 1.165) is 13.2 Å². The van der Waals surface area contributed by atoms with Crippen LogP contribution in [0.3, 0.4) is 0 Å². The van der Waals surface area contributed by atoms with Crippen molar-refractivity contribution in [3.05, 3.63) is 0 Å². The molecule has 126 valence electrons. The van der Waals surface area contributed by atoms with E-state index in [-0.39, 0.29) is 5.54 Å². The quantitative estimate of drug-likeness (QED) is 0.403. The fourth-order valence-electron chi connectivity index (χ4n) is 3.44. The van der Waals surface area contributed by atoms with E-state index in [1.165, 1.54) is 83.5 Å². The number of rotatable bonds is 12. The number of hydroxylamine groups is 2. The van der Waals surface area contributed by atoms with Crippen molar-refractivity contribution in [2.45, 2.75) is 110 Å². The summed E-state index contributed by atoms with van der Waals surface area (Å²) in [4.78, 5) is 6.01. The molecule has 0 bridgehead atoms. The highest BCUT2D eigenvalue weighted by Gasteiger charge is 2.32. The molecule has 1 rings (SSSR count). The van der Waals surface area contributed by atoms with E-state index in [0.29, 0.717) is 0 Å². The number of unbranched alkanes of at least 4 members (excludes halogenated alkanes) is 7. The second-order valence-corrected chi connectivity index (χ2v) is 7.11.